The lowest BCUT2D eigenvalue weighted by Gasteiger charge is -2.22. The van der Waals surface area contributed by atoms with Crippen LogP contribution in [0.2, 0.25) is 0 Å². The largest absolute Gasteiger partial charge is 0.490 e. The van der Waals surface area contributed by atoms with E-state index in [4.69, 9.17) is 9.90 Å². The van der Waals surface area contributed by atoms with Gasteiger partial charge in [0.1, 0.15) is 6.04 Å². The molecule has 2 aromatic rings. The van der Waals surface area contributed by atoms with Gasteiger partial charge >= 0.3 is 12.1 Å². The Morgan fingerprint density at radius 3 is 2.57 bits per heavy atom. The zero-order chi connectivity index (χ0) is 20.9. The number of aryl methyl sites for hydroxylation is 1. The Morgan fingerprint density at radius 2 is 2.00 bits per heavy atom. The summed E-state index contributed by atoms with van der Waals surface area (Å²) in [6, 6.07) is -0.243. The quantitative estimate of drug-likeness (QED) is 0.818. The summed E-state index contributed by atoms with van der Waals surface area (Å²) in [6.07, 6.45) is 4.67. The summed E-state index contributed by atoms with van der Waals surface area (Å²) >= 11 is 0. The molecule has 0 radical (unpaired) electrons. The number of H-pyrrole nitrogens is 1. The Kier molecular flexibility index (Phi) is 6.81. The maximum Gasteiger partial charge on any atom is 0.490 e. The number of halogens is 3. The van der Waals surface area contributed by atoms with Crippen molar-refractivity contribution in [3.05, 3.63) is 35.7 Å². The first-order chi connectivity index (χ1) is 13.1. The highest BCUT2D eigenvalue weighted by atomic mass is 19.4. The number of likely N-dealkylation sites (N-methyl/N-ethyl adjacent to an activating group) is 1. The summed E-state index contributed by atoms with van der Waals surface area (Å²) in [5.41, 5.74) is 3.58. The lowest BCUT2D eigenvalue weighted by Crippen LogP contribution is -2.32. The molecule has 11 heteroatoms. The predicted octanol–water partition coefficient (Wildman–Crippen LogP) is 2.34. The van der Waals surface area contributed by atoms with Crippen molar-refractivity contribution in [2.45, 2.75) is 51.4 Å². The number of carboxylic acids is 1. The van der Waals surface area contributed by atoms with E-state index in [1.807, 2.05) is 24.7 Å². The predicted molar refractivity (Wildman–Crippen MR) is 92.3 cm³/mol. The maximum atomic E-state index is 12.5. The second-order valence-electron chi connectivity index (χ2n) is 6.52. The van der Waals surface area contributed by atoms with Gasteiger partial charge in [-0.3, -0.25) is 9.89 Å². The number of nitrogens with zero attached hydrogens (tertiary/aromatic N) is 4. The molecule has 0 aliphatic heterocycles. The lowest BCUT2D eigenvalue weighted by molar-refractivity contribution is -0.192. The average Bonchev–Trinajstić information content (AvgIpc) is 3.30. The first-order valence-electron chi connectivity index (χ1n) is 8.68. The molecular weight excluding hydrogens is 379 g/mol. The summed E-state index contributed by atoms with van der Waals surface area (Å²) in [6.45, 7) is 2.45. The molecule has 154 valence electrons. The van der Waals surface area contributed by atoms with E-state index >= 15 is 0 Å². The number of aromatic nitrogens is 4. The molecule has 0 spiro atoms. The van der Waals surface area contributed by atoms with E-state index in [-0.39, 0.29) is 11.9 Å². The molecule has 1 amide bonds. The van der Waals surface area contributed by atoms with Crippen LogP contribution in [0.15, 0.2) is 18.7 Å². The summed E-state index contributed by atoms with van der Waals surface area (Å²) in [5, 5.41) is 14.7. The van der Waals surface area contributed by atoms with Crippen LogP contribution in [0.3, 0.4) is 0 Å². The molecule has 1 atom stereocenters. The zero-order valence-electron chi connectivity index (χ0n) is 15.5. The van der Waals surface area contributed by atoms with Gasteiger partial charge in [-0.15, -0.1) is 0 Å². The first-order valence-corrected chi connectivity index (χ1v) is 8.68. The van der Waals surface area contributed by atoms with Gasteiger partial charge in [-0.1, -0.05) is 0 Å². The molecule has 0 bridgehead atoms. The third-order valence-electron chi connectivity index (χ3n) is 4.48. The van der Waals surface area contributed by atoms with E-state index in [2.05, 4.69) is 15.2 Å². The number of hydrogen-bond donors (Lipinski definition) is 2. The highest BCUT2D eigenvalue weighted by Crippen LogP contribution is 2.23. The molecule has 0 aromatic carbocycles. The molecule has 28 heavy (non-hydrogen) atoms. The van der Waals surface area contributed by atoms with Gasteiger partial charge in [0, 0.05) is 25.1 Å². The minimum absolute atomic E-state index is 0.0700. The fourth-order valence-corrected chi connectivity index (χ4v) is 2.93. The second-order valence-corrected chi connectivity index (χ2v) is 6.52. The number of amides is 1. The molecule has 0 saturated carbocycles. The SMILES string of the molecule is CC(C(=O)N(C)Cc1n[nH]c2c1CCCC2)n1ccnc1.O=C(O)C(F)(F)F. The Hall–Kier alpha value is -2.85. The number of carbonyl (C=O) groups is 2. The number of hydrogen-bond acceptors (Lipinski definition) is 4. The highest BCUT2D eigenvalue weighted by molar-refractivity contribution is 5.79. The van der Waals surface area contributed by atoms with Crippen molar-refractivity contribution < 1.29 is 27.9 Å². The zero-order valence-corrected chi connectivity index (χ0v) is 15.5. The number of aliphatic carboxylic acids is 1. The molecule has 2 aromatic heterocycles. The number of aromatic amines is 1. The third kappa shape index (κ3) is 5.33. The summed E-state index contributed by atoms with van der Waals surface area (Å²) in [5.74, 6) is -2.69. The number of carboxylic acid groups (broad SMARTS) is 1. The van der Waals surface area contributed by atoms with Gasteiger partial charge in [0.25, 0.3) is 0 Å². The van der Waals surface area contributed by atoms with E-state index in [9.17, 15) is 18.0 Å². The molecule has 1 unspecified atom stereocenters. The van der Waals surface area contributed by atoms with Crippen molar-refractivity contribution in [3.8, 4) is 0 Å². The van der Waals surface area contributed by atoms with Crippen molar-refractivity contribution in [1.82, 2.24) is 24.6 Å². The van der Waals surface area contributed by atoms with Crippen LogP contribution in [0, 0.1) is 0 Å². The third-order valence-corrected chi connectivity index (χ3v) is 4.48. The number of alkyl halides is 3. The Morgan fingerprint density at radius 1 is 1.36 bits per heavy atom. The fourth-order valence-electron chi connectivity index (χ4n) is 2.93. The number of fused-ring (bicyclic) bond motifs is 1. The summed E-state index contributed by atoms with van der Waals surface area (Å²) < 4.78 is 33.6. The summed E-state index contributed by atoms with van der Waals surface area (Å²) in [7, 11) is 1.83. The van der Waals surface area contributed by atoms with Gasteiger partial charge < -0.3 is 14.6 Å². The van der Waals surface area contributed by atoms with Crippen LogP contribution >= 0.6 is 0 Å². The lowest BCUT2D eigenvalue weighted by atomic mass is 9.96. The smallest absolute Gasteiger partial charge is 0.475 e. The van der Waals surface area contributed by atoms with Crippen LogP contribution in [0.4, 0.5) is 13.2 Å². The maximum absolute atomic E-state index is 12.5. The Labute approximate surface area is 159 Å². The molecule has 2 heterocycles. The van der Waals surface area contributed by atoms with Crippen LogP contribution in [0.1, 0.15) is 42.8 Å². The Bertz CT molecular complexity index is 802. The van der Waals surface area contributed by atoms with Crippen LogP contribution in [-0.4, -0.2) is 54.9 Å². The standard InChI is InChI=1S/C15H21N5O.C2HF3O2/c1-11(20-8-7-16-10-20)15(21)19(2)9-14-12-5-3-4-6-13(12)17-18-14;3-2(4,5)1(6)7/h7-8,10-11H,3-6,9H2,1-2H3,(H,17,18);(H,6,7). The average molecular weight is 401 g/mol. The summed E-state index contributed by atoms with van der Waals surface area (Å²) in [4.78, 5) is 27.1. The number of rotatable bonds is 4. The highest BCUT2D eigenvalue weighted by Gasteiger charge is 2.38. The molecule has 1 aliphatic rings. The van der Waals surface area contributed by atoms with Crippen molar-refractivity contribution in [2.75, 3.05) is 7.05 Å². The topological polar surface area (TPSA) is 104 Å². The van der Waals surface area contributed by atoms with Crippen molar-refractivity contribution in [2.24, 2.45) is 0 Å². The molecule has 8 nitrogen and oxygen atoms in total. The molecule has 0 fully saturated rings. The minimum Gasteiger partial charge on any atom is -0.475 e. The van der Waals surface area contributed by atoms with E-state index in [0.717, 1.165) is 18.5 Å². The van der Waals surface area contributed by atoms with E-state index in [1.54, 1.807) is 17.4 Å². The van der Waals surface area contributed by atoms with Crippen molar-refractivity contribution in [1.29, 1.82) is 0 Å². The Balaban J connectivity index is 0.000000345. The van der Waals surface area contributed by atoms with Crippen LogP contribution < -0.4 is 0 Å². The molecule has 3 rings (SSSR count). The fraction of sp³-hybridized carbons (Fsp3) is 0.529. The molecule has 0 saturated heterocycles. The van der Waals surface area contributed by atoms with Gasteiger partial charge in [-0.25, -0.2) is 9.78 Å². The van der Waals surface area contributed by atoms with Gasteiger partial charge in [-0.05, 0) is 38.2 Å². The van der Waals surface area contributed by atoms with Crippen molar-refractivity contribution in [3.63, 3.8) is 0 Å². The van der Waals surface area contributed by atoms with Gasteiger partial charge in [0.15, 0.2) is 0 Å². The monoisotopic (exact) mass is 401 g/mol. The molecule has 1 aliphatic carbocycles. The molecular formula is C17H22F3N5O3. The first kappa shape index (κ1) is 21.5. The van der Waals surface area contributed by atoms with E-state index in [0.29, 0.717) is 6.54 Å². The number of imidazole rings is 1. The van der Waals surface area contributed by atoms with Crippen molar-refractivity contribution >= 4 is 11.9 Å². The van der Waals surface area contributed by atoms with E-state index < -0.39 is 12.1 Å². The normalized spacial score (nSPS) is 14.5. The van der Waals surface area contributed by atoms with Crippen LogP contribution in [0.5, 0.6) is 0 Å². The van der Waals surface area contributed by atoms with Crippen LogP contribution in [0.25, 0.3) is 0 Å². The van der Waals surface area contributed by atoms with E-state index in [1.165, 1.54) is 24.1 Å². The number of carbonyl (C=O) groups excluding carboxylic acids is 1. The van der Waals surface area contributed by atoms with Gasteiger partial charge in [0.2, 0.25) is 5.91 Å². The minimum atomic E-state index is -5.08. The number of nitrogens with one attached hydrogen (secondary N) is 1. The van der Waals surface area contributed by atoms with Crippen LogP contribution in [-0.2, 0) is 29.0 Å². The van der Waals surface area contributed by atoms with Gasteiger partial charge in [-0.2, -0.15) is 18.3 Å². The second kappa shape index (κ2) is 8.89. The van der Waals surface area contributed by atoms with Gasteiger partial charge in [0.05, 0.1) is 18.6 Å². The molecule has 2 N–H and O–H groups in total.